The van der Waals surface area contributed by atoms with Gasteiger partial charge in [-0.25, -0.2) is 4.79 Å². The Labute approximate surface area is 190 Å². The minimum Gasteiger partial charge on any atom is -0.378 e. The lowest BCUT2D eigenvalue weighted by atomic mass is 10.1. The monoisotopic (exact) mass is 447 g/mol. The van der Waals surface area contributed by atoms with Crippen LogP contribution in [0, 0.1) is 0 Å². The Morgan fingerprint density at radius 3 is 2.61 bits per heavy atom. The van der Waals surface area contributed by atoms with Gasteiger partial charge in [0.15, 0.2) is 0 Å². The van der Waals surface area contributed by atoms with Gasteiger partial charge in [-0.05, 0) is 35.9 Å². The number of nitrogens with zero attached hydrogens (tertiary/aromatic N) is 2. The lowest BCUT2D eigenvalue weighted by molar-refractivity contribution is -0.130. The summed E-state index contributed by atoms with van der Waals surface area (Å²) >= 11 is 0. The number of ether oxygens (including phenoxy) is 1. The van der Waals surface area contributed by atoms with Gasteiger partial charge in [0.25, 0.3) is 5.91 Å². The fourth-order valence-electron chi connectivity index (χ4n) is 4.31. The second kappa shape index (κ2) is 8.95. The summed E-state index contributed by atoms with van der Waals surface area (Å²) in [5.41, 5.74) is 3.58. The molecule has 2 aromatic carbocycles. The number of morpholine rings is 1. The smallest absolute Gasteiger partial charge is 0.325 e. The number of H-pyrrole nitrogens is 1. The van der Waals surface area contributed by atoms with E-state index in [1.54, 1.807) is 0 Å². The largest absolute Gasteiger partial charge is 0.378 e. The molecular formula is C24H25N5O4. The van der Waals surface area contributed by atoms with Gasteiger partial charge in [-0.3, -0.25) is 14.5 Å². The Morgan fingerprint density at radius 1 is 1.06 bits per heavy atom. The van der Waals surface area contributed by atoms with Crippen LogP contribution >= 0.6 is 0 Å². The summed E-state index contributed by atoms with van der Waals surface area (Å²) in [7, 11) is 0. The first-order valence-electron chi connectivity index (χ1n) is 11.0. The maximum Gasteiger partial charge on any atom is 0.325 e. The van der Waals surface area contributed by atoms with E-state index in [1.807, 2.05) is 54.7 Å². The third-order valence-corrected chi connectivity index (χ3v) is 6.03. The molecule has 0 radical (unpaired) electrons. The first-order chi connectivity index (χ1) is 16.1. The molecule has 0 saturated carbocycles. The molecule has 2 saturated heterocycles. The van der Waals surface area contributed by atoms with Crippen molar-refractivity contribution >= 4 is 40.1 Å². The molecule has 2 aliphatic rings. The molecule has 3 heterocycles. The van der Waals surface area contributed by atoms with Crippen LogP contribution in [-0.2, 0) is 20.7 Å². The van der Waals surface area contributed by atoms with Crippen LogP contribution in [0.25, 0.3) is 10.9 Å². The lowest BCUT2D eigenvalue weighted by Crippen LogP contribution is -2.38. The number of hydrogen-bond acceptors (Lipinski definition) is 5. The van der Waals surface area contributed by atoms with Crippen molar-refractivity contribution in [3.63, 3.8) is 0 Å². The zero-order valence-corrected chi connectivity index (χ0v) is 18.0. The van der Waals surface area contributed by atoms with Gasteiger partial charge in [0, 0.05) is 48.0 Å². The highest BCUT2D eigenvalue weighted by Crippen LogP contribution is 2.22. The van der Waals surface area contributed by atoms with E-state index in [9.17, 15) is 14.4 Å². The number of fused-ring (bicyclic) bond motifs is 1. The van der Waals surface area contributed by atoms with E-state index < -0.39 is 23.9 Å². The minimum absolute atomic E-state index is 0.333. The molecule has 2 aliphatic heterocycles. The lowest BCUT2D eigenvalue weighted by Gasteiger charge is -2.28. The van der Waals surface area contributed by atoms with E-state index in [-0.39, 0.29) is 6.54 Å². The van der Waals surface area contributed by atoms with Crippen LogP contribution < -0.4 is 15.5 Å². The number of hydrogen-bond donors (Lipinski definition) is 3. The van der Waals surface area contributed by atoms with E-state index in [0.717, 1.165) is 40.1 Å². The van der Waals surface area contributed by atoms with Crippen LogP contribution in [0.3, 0.4) is 0 Å². The quantitative estimate of drug-likeness (QED) is 0.502. The summed E-state index contributed by atoms with van der Waals surface area (Å²) in [6.07, 6.45) is 2.20. The highest BCUT2D eigenvalue weighted by molar-refractivity contribution is 6.08. The molecule has 170 valence electrons. The van der Waals surface area contributed by atoms with E-state index >= 15 is 0 Å². The number of rotatable bonds is 6. The molecule has 2 fully saturated rings. The van der Waals surface area contributed by atoms with Crippen LogP contribution in [-0.4, -0.2) is 66.6 Å². The third-order valence-electron chi connectivity index (χ3n) is 6.03. The SMILES string of the molecule is O=C(CN1C(=O)NC(Cc2c[nH]c3ccccc23)C1=O)Nc1ccc(N2CCOCC2)cc1. The number of amides is 4. The zero-order chi connectivity index (χ0) is 22.8. The molecule has 33 heavy (non-hydrogen) atoms. The molecular weight excluding hydrogens is 422 g/mol. The molecule has 0 spiro atoms. The van der Waals surface area contributed by atoms with Gasteiger partial charge in [0.1, 0.15) is 12.6 Å². The number of para-hydroxylation sites is 1. The first kappa shape index (κ1) is 21.0. The number of aromatic amines is 1. The number of anilines is 2. The number of imide groups is 1. The molecule has 1 unspecified atom stereocenters. The molecule has 9 heteroatoms. The van der Waals surface area contributed by atoms with Gasteiger partial charge in [-0.15, -0.1) is 0 Å². The summed E-state index contributed by atoms with van der Waals surface area (Å²) in [4.78, 5) is 44.1. The van der Waals surface area contributed by atoms with Crippen molar-refractivity contribution in [1.29, 1.82) is 0 Å². The number of carbonyl (C=O) groups excluding carboxylic acids is 3. The molecule has 1 atom stereocenters. The summed E-state index contributed by atoms with van der Waals surface area (Å²) in [6.45, 7) is 2.73. The van der Waals surface area contributed by atoms with Crippen LogP contribution in [0.1, 0.15) is 5.56 Å². The Morgan fingerprint density at radius 2 is 1.82 bits per heavy atom. The van der Waals surface area contributed by atoms with E-state index in [0.29, 0.717) is 25.3 Å². The standard InChI is InChI=1S/C24H25N5O4/c30-22(26-17-5-7-18(8-6-17)28-9-11-33-12-10-28)15-29-23(31)21(27-24(29)32)13-16-14-25-20-4-2-1-3-19(16)20/h1-8,14,21,25H,9-13,15H2,(H,26,30)(H,27,32). The second-order valence-corrected chi connectivity index (χ2v) is 8.18. The van der Waals surface area contributed by atoms with Gasteiger partial charge in [-0.2, -0.15) is 0 Å². The van der Waals surface area contributed by atoms with Crippen molar-refractivity contribution in [3.05, 3.63) is 60.3 Å². The van der Waals surface area contributed by atoms with Crippen LogP contribution in [0.2, 0.25) is 0 Å². The van der Waals surface area contributed by atoms with Crippen LogP contribution in [0.15, 0.2) is 54.7 Å². The fourth-order valence-corrected chi connectivity index (χ4v) is 4.31. The van der Waals surface area contributed by atoms with Crippen molar-refractivity contribution in [2.75, 3.05) is 43.1 Å². The summed E-state index contributed by atoms with van der Waals surface area (Å²) in [5.74, 6) is -0.825. The predicted octanol–water partition coefficient (Wildman–Crippen LogP) is 2.11. The van der Waals surface area contributed by atoms with Crippen LogP contribution in [0.5, 0.6) is 0 Å². The molecule has 1 aromatic heterocycles. The van der Waals surface area contributed by atoms with Gasteiger partial charge >= 0.3 is 6.03 Å². The number of aromatic nitrogens is 1. The fraction of sp³-hybridized carbons (Fsp3) is 0.292. The first-order valence-corrected chi connectivity index (χ1v) is 11.0. The Kier molecular flexibility index (Phi) is 5.70. The normalized spacial score (nSPS) is 18.6. The Hall–Kier alpha value is -3.85. The topological polar surface area (TPSA) is 107 Å². The maximum atomic E-state index is 12.8. The second-order valence-electron chi connectivity index (χ2n) is 8.18. The highest BCUT2D eigenvalue weighted by Gasteiger charge is 2.39. The van der Waals surface area contributed by atoms with Gasteiger partial charge < -0.3 is 25.3 Å². The molecule has 5 rings (SSSR count). The van der Waals surface area contributed by atoms with Crippen molar-refractivity contribution in [3.8, 4) is 0 Å². The minimum atomic E-state index is -0.697. The van der Waals surface area contributed by atoms with E-state index in [1.165, 1.54) is 0 Å². The Bertz CT molecular complexity index is 1180. The number of carbonyl (C=O) groups is 3. The number of nitrogens with one attached hydrogen (secondary N) is 3. The molecule has 4 amide bonds. The van der Waals surface area contributed by atoms with Crippen molar-refractivity contribution in [2.45, 2.75) is 12.5 Å². The zero-order valence-electron chi connectivity index (χ0n) is 18.0. The van der Waals surface area contributed by atoms with Gasteiger partial charge in [0.05, 0.1) is 13.2 Å². The number of urea groups is 1. The summed E-state index contributed by atoms with van der Waals surface area (Å²) in [5, 5.41) is 6.47. The molecule has 3 N–H and O–H groups in total. The van der Waals surface area contributed by atoms with E-state index in [2.05, 4.69) is 20.5 Å². The van der Waals surface area contributed by atoms with Gasteiger partial charge in [-0.1, -0.05) is 18.2 Å². The van der Waals surface area contributed by atoms with Crippen molar-refractivity contribution in [1.82, 2.24) is 15.2 Å². The average molecular weight is 447 g/mol. The van der Waals surface area contributed by atoms with Gasteiger partial charge in [0.2, 0.25) is 5.91 Å². The Balaban J connectivity index is 1.19. The average Bonchev–Trinajstić information content (AvgIpc) is 3.36. The molecule has 0 bridgehead atoms. The number of benzene rings is 2. The molecule has 3 aromatic rings. The molecule has 0 aliphatic carbocycles. The highest BCUT2D eigenvalue weighted by atomic mass is 16.5. The van der Waals surface area contributed by atoms with Crippen molar-refractivity contribution in [2.24, 2.45) is 0 Å². The third kappa shape index (κ3) is 4.40. The summed E-state index contributed by atoms with van der Waals surface area (Å²) < 4.78 is 5.37. The van der Waals surface area contributed by atoms with Crippen molar-refractivity contribution < 1.29 is 19.1 Å². The predicted molar refractivity (Wildman–Crippen MR) is 124 cm³/mol. The van der Waals surface area contributed by atoms with Crippen LogP contribution in [0.4, 0.5) is 16.2 Å². The maximum absolute atomic E-state index is 12.8. The van der Waals surface area contributed by atoms with E-state index in [4.69, 9.17) is 4.74 Å². The molecule has 9 nitrogen and oxygen atoms in total. The summed E-state index contributed by atoms with van der Waals surface area (Å²) in [6, 6.07) is 14.0.